The number of sulfone groups is 1. The molecule has 1 aliphatic heterocycles. The van der Waals surface area contributed by atoms with E-state index in [2.05, 4.69) is 4.98 Å². The van der Waals surface area contributed by atoms with Crippen LogP contribution in [0.2, 0.25) is 0 Å². The normalized spacial score (nSPS) is 19.9. The zero-order chi connectivity index (χ0) is 12.3. The van der Waals surface area contributed by atoms with E-state index in [4.69, 9.17) is 11.6 Å². The monoisotopic (exact) mass is 274 g/mol. The number of aromatic nitrogens is 1. The van der Waals surface area contributed by atoms with Crippen molar-refractivity contribution in [2.24, 2.45) is 0 Å². The smallest absolute Gasteiger partial charge is 0.152 e. The summed E-state index contributed by atoms with van der Waals surface area (Å²) in [6.45, 7) is 1.27. The second-order valence-corrected chi connectivity index (χ2v) is 6.72. The second-order valence-electron chi connectivity index (χ2n) is 4.15. The first kappa shape index (κ1) is 12.6. The van der Waals surface area contributed by atoms with Gasteiger partial charge < -0.3 is 4.90 Å². The minimum absolute atomic E-state index is 0.214. The summed E-state index contributed by atoms with van der Waals surface area (Å²) in [6.07, 6.45) is 2.41. The highest BCUT2D eigenvalue weighted by molar-refractivity contribution is 7.91. The molecule has 1 fully saturated rings. The van der Waals surface area contributed by atoms with Crippen LogP contribution in [0.1, 0.15) is 12.0 Å². The molecule has 0 unspecified atom stereocenters. The predicted octanol–water partition coefficient (Wildman–Crippen LogP) is 1.45. The number of halogens is 1. The molecule has 0 bridgehead atoms. The van der Waals surface area contributed by atoms with Crippen LogP contribution in [-0.2, 0) is 15.7 Å². The Balaban J connectivity index is 2.11. The first-order chi connectivity index (χ1) is 8.11. The Morgan fingerprint density at radius 3 is 2.76 bits per heavy atom. The van der Waals surface area contributed by atoms with E-state index in [1.807, 2.05) is 17.0 Å². The number of rotatable bonds is 2. The van der Waals surface area contributed by atoms with Crippen LogP contribution < -0.4 is 4.90 Å². The fourth-order valence-corrected chi connectivity index (χ4v) is 3.28. The molecule has 1 aromatic heterocycles. The molecule has 0 spiro atoms. The van der Waals surface area contributed by atoms with Crippen LogP contribution in [0, 0.1) is 0 Å². The zero-order valence-electron chi connectivity index (χ0n) is 9.47. The van der Waals surface area contributed by atoms with Crippen LogP contribution in [0.5, 0.6) is 0 Å². The fraction of sp³-hybridized carbons (Fsp3) is 0.545. The summed E-state index contributed by atoms with van der Waals surface area (Å²) in [5.74, 6) is 1.77. The molecular weight excluding hydrogens is 260 g/mol. The van der Waals surface area contributed by atoms with E-state index in [0.717, 1.165) is 17.9 Å². The number of alkyl halides is 1. The first-order valence-electron chi connectivity index (χ1n) is 5.57. The maximum Gasteiger partial charge on any atom is 0.152 e. The van der Waals surface area contributed by atoms with Crippen molar-refractivity contribution in [2.45, 2.75) is 12.3 Å². The molecule has 0 amide bonds. The summed E-state index contributed by atoms with van der Waals surface area (Å²) in [6, 6.07) is 3.82. The zero-order valence-corrected chi connectivity index (χ0v) is 11.0. The Morgan fingerprint density at radius 2 is 2.12 bits per heavy atom. The summed E-state index contributed by atoms with van der Waals surface area (Å²) in [7, 11) is -2.86. The van der Waals surface area contributed by atoms with Crippen LogP contribution >= 0.6 is 11.6 Å². The molecule has 4 nitrogen and oxygen atoms in total. The van der Waals surface area contributed by atoms with E-state index in [9.17, 15) is 8.42 Å². The van der Waals surface area contributed by atoms with Crippen molar-refractivity contribution in [2.75, 3.05) is 29.5 Å². The molecule has 0 aromatic carbocycles. The number of hydrogen-bond donors (Lipinski definition) is 0. The Hall–Kier alpha value is -0.810. The highest BCUT2D eigenvalue weighted by Crippen LogP contribution is 2.15. The Morgan fingerprint density at radius 1 is 1.29 bits per heavy atom. The van der Waals surface area contributed by atoms with Crippen molar-refractivity contribution in [3.63, 3.8) is 0 Å². The largest absolute Gasteiger partial charge is 0.356 e. The lowest BCUT2D eigenvalue weighted by Gasteiger charge is -2.20. The molecule has 0 radical (unpaired) electrons. The quantitative estimate of drug-likeness (QED) is 0.766. The summed E-state index contributed by atoms with van der Waals surface area (Å²) in [5, 5.41) is 0. The lowest BCUT2D eigenvalue weighted by molar-refractivity contribution is 0.597. The summed E-state index contributed by atoms with van der Waals surface area (Å²) >= 11 is 5.70. The maximum atomic E-state index is 11.5. The molecule has 0 N–H and O–H groups in total. The fourth-order valence-electron chi connectivity index (χ4n) is 1.85. The third-order valence-corrected chi connectivity index (χ3v) is 4.87. The Bertz CT molecular complexity index is 473. The minimum Gasteiger partial charge on any atom is -0.356 e. The number of anilines is 1. The summed E-state index contributed by atoms with van der Waals surface area (Å²) < 4.78 is 23.0. The molecular formula is C11H15ClN2O2S. The Labute approximate surface area is 107 Å². The molecule has 1 aliphatic rings. The van der Waals surface area contributed by atoms with Crippen LogP contribution in [0.15, 0.2) is 18.3 Å². The van der Waals surface area contributed by atoms with Crippen molar-refractivity contribution in [3.8, 4) is 0 Å². The predicted molar refractivity (Wildman–Crippen MR) is 69.3 cm³/mol. The van der Waals surface area contributed by atoms with Crippen molar-refractivity contribution in [1.82, 2.24) is 4.98 Å². The van der Waals surface area contributed by atoms with Crippen LogP contribution in [0.3, 0.4) is 0 Å². The van der Waals surface area contributed by atoms with Gasteiger partial charge in [-0.2, -0.15) is 0 Å². The summed E-state index contributed by atoms with van der Waals surface area (Å²) in [5.41, 5.74) is 0.970. The Kier molecular flexibility index (Phi) is 3.89. The van der Waals surface area contributed by atoms with Crippen LogP contribution in [-0.4, -0.2) is 38.0 Å². The highest BCUT2D eigenvalue weighted by Gasteiger charge is 2.19. The molecule has 1 aromatic rings. The van der Waals surface area contributed by atoms with Gasteiger partial charge in [0, 0.05) is 25.2 Å². The van der Waals surface area contributed by atoms with Gasteiger partial charge in [0.15, 0.2) is 9.84 Å². The van der Waals surface area contributed by atoms with Gasteiger partial charge >= 0.3 is 0 Å². The summed E-state index contributed by atoms with van der Waals surface area (Å²) in [4.78, 5) is 6.33. The first-order valence-corrected chi connectivity index (χ1v) is 7.92. The van der Waals surface area contributed by atoms with Crippen LogP contribution in [0.4, 0.5) is 5.82 Å². The van der Waals surface area contributed by atoms with E-state index >= 15 is 0 Å². The lowest BCUT2D eigenvalue weighted by atomic mass is 10.3. The average molecular weight is 275 g/mol. The number of nitrogens with zero attached hydrogens (tertiary/aromatic N) is 2. The van der Waals surface area contributed by atoms with Crippen LogP contribution in [0.25, 0.3) is 0 Å². The van der Waals surface area contributed by atoms with Gasteiger partial charge in [0.2, 0.25) is 0 Å². The third kappa shape index (κ3) is 3.33. The van der Waals surface area contributed by atoms with E-state index in [0.29, 0.717) is 18.8 Å². The van der Waals surface area contributed by atoms with Gasteiger partial charge in [-0.15, -0.1) is 11.6 Å². The SMILES string of the molecule is O=S1(=O)CCCN(c2ccc(CCl)cn2)CC1. The van der Waals surface area contributed by atoms with E-state index in [1.54, 1.807) is 6.20 Å². The van der Waals surface area contributed by atoms with Gasteiger partial charge in [-0.25, -0.2) is 13.4 Å². The molecule has 0 aliphatic carbocycles. The topological polar surface area (TPSA) is 50.3 Å². The third-order valence-electron chi connectivity index (χ3n) is 2.84. The van der Waals surface area contributed by atoms with Gasteiger partial charge in [-0.05, 0) is 18.1 Å². The van der Waals surface area contributed by atoms with Gasteiger partial charge in [0.05, 0.1) is 11.5 Å². The van der Waals surface area contributed by atoms with Crippen molar-refractivity contribution >= 4 is 27.3 Å². The van der Waals surface area contributed by atoms with Crippen molar-refractivity contribution in [3.05, 3.63) is 23.9 Å². The lowest BCUT2D eigenvalue weighted by Crippen LogP contribution is -2.27. The molecule has 0 saturated carbocycles. The van der Waals surface area contributed by atoms with E-state index < -0.39 is 9.84 Å². The minimum atomic E-state index is -2.86. The van der Waals surface area contributed by atoms with Gasteiger partial charge in [-0.3, -0.25) is 0 Å². The van der Waals surface area contributed by atoms with Crippen molar-refractivity contribution in [1.29, 1.82) is 0 Å². The van der Waals surface area contributed by atoms with Gasteiger partial charge in [0.1, 0.15) is 5.82 Å². The molecule has 1 saturated heterocycles. The van der Waals surface area contributed by atoms with Gasteiger partial charge in [-0.1, -0.05) is 6.07 Å². The molecule has 2 rings (SSSR count). The van der Waals surface area contributed by atoms with Crippen molar-refractivity contribution < 1.29 is 8.42 Å². The second kappa shape index (κ2) is 5.23. The molecule has 6 heteroatoms. The molecule has 2 heterocycles. The molecule has 0 atom stereocenters. The number of hydrogen-bond acceptors (Lipinski definition) is 4. The highest BCUT2D eigenvalue weighted by atomic mass is 35.5. The van der Waals surface area contributed by atoms with Gasteiger partial charge in [0.25, 0.3) is 0 Å². The maximum absolute atomic E-state index is 11.5. The number of pyridine rings is 1. The standard InChI is InChI=1S/C11H15ClN2O2S/c12-8-10-2-3-11(13-9-10)14-4-1-6-17(15,16)7-5-14/h2-3,9H,1,4-8H2. The average Bonchev–Trinajstić information content (AvgIpc) is 2.50. The molecule has 17 heavy (non-hydrogen) atoms. The molecule has 94 valence electrons. The van der Waals surface area contributed by atoms with E-state index in [1.165, 1.54) is 0 Å². The van der Waals surface area contributed by atoms with E-state index in [-0.39, 0.29) is 11.5 Å².